The Bertz CT molecular complexity index is 648. The lowest BCUT2D eigenvalue weighted by molar-refractivity contribution is -0.131. The van der Waals surface area contributed by atoms with Crippen LogP contribution in [0.4, 0.5) is 0 Å². The number of morpholine rings is 1. The molecule has 2 heterocycles. The van der Waals surface area contributed by atoms with Crippen LogP contribution in [0, 0.1) is 0 Å². The minimum atomic E-state index is -0.659. The molecule has 0 radical (unpaired) electrons. The molecular formula is C17H21Cl2N3O3. The highest BCUT2D eigenvalue weighted by Gasteiger charge is 2.24. The standard InChI is InChI=1S/C17H21Cl2N3O3/c18-13-3-2-12(10-14(13)19)15-11-16(25-21-15)17(23)20-4-1-5-22-6-8-24-9-7-22/h2-3,10-11,16,21H,1,4-9H2,(H,20,23)/t16-/m0/s1. The van der Waals surface area contributed by atoms with Gasteiger partial charge in [-0.05, 0) is 31.2 Å². The average Bonchev–Trinajstić information content (AvgIpc) is 3.12. The second-order valence-electron chi connectivity index (χ2n) is 5.95. The van der Waals surface area contributed by atoms with Gasteiger partial charge in [0.25, 0.3) is 5.91 Å². The van der Waals surface area contributed by atoms with E-state index in [1.807, 2.05) is 6.07 Å². The largest absolute Gasteiger partial charge is 0.379 e. The van der Waals surface area contributed by atoms with Crippen molar-refractivity contribution in [2.45, 2.75) is 12.5 Å². The second kappa shape index (κ2) is 8.87. The zero-order chi connectivity index (χ0) is 17.6. The molecule has 1 aromatic carbocycles. The van der Waals surface area contributed by atoms with Gasteiger partial charge >= 0.3 is 0 Å². The smallest absolute Gasteiger partial charge is 0.255 e. The van der Waals surface area contributed by atoms with Crippen LogP contribution in [0.1, 0.15) is 12.0 Å². The molecule has 6 nitrogen and oxygen atoms in total. The molecule has 1 saturated heterocycles. The van der Waals surface area contributed by atoms with E-state index in [9.17, 15) is 4.79 Å². The van der Waals surface area contributed by atoms with Gasteiger partial charge in [0.2, 0.25) is 0 Å². The fraction of sp³-hybridized carbons (Fsp3) is 0.471. The lowest BCUT2D eigenvalue weighted by atomic mass is 10.1. The zero-order valence-corrected chi connectivity index (χ0v) is 15.3. The molecule has 1 amide bonds. The van der Waals surface area contributed by atoms with Crippen molar-refractivity contribution < 1.29 is 14.4 Å². The Kier molecular flexibility index (Phi) is 6.56. The van der Waals surface area contributed by atoms with Crippen molar-refractivity contribution in [3.8, 4) is 0 Å². The quantitative estimate of drug-likeness (QED) is 0.734. The molecular weight excluding hydrogens is 365 g/mol. The maximum Gasteiger partial charge on any atom is 0.255 e. The average molecular weight is 386 g/mol. The van der Waals surface area contributed by atoms with Crippen molar-refractivity contribution in [3.63, 3.8) is 0 Å². The summed E-state index contributed by atoms with van der Waals surface area (Å²) in [5.74, 6) is -0.162. The SMILES string of the molecule is O=C(NCCCN1CCOCC1)[C@@H]1C=C(c2ccc(Cl)c(Cl)c2)NO1. The van der Waals surface area contributed by atoms with E-state index in [0.717, 1.165) is 44.8 Å². The number of nitrogens with zero attached hydrogens (tertiary/aromatic N) is 1. The van der Waals surface area contributed by atoms with Gasteiger partial charge in [0.05, 0.1) is 29.0 Å². The van der Waals surface area contributed by atoms with Gasteiger partial charge in [0.15, 0.2) is 6.10 Å². The van der Waals surface area contributed by atoms with Crippen molar-refractivity contribution in [1.82, 2.24) is 15.7 Å². The molecule has 8 heteroatoms. The van der Waals surface area contributed by atoms with Gasteiger partial charge in [-0.25, -0.2) is 0 Å². The van der Waals surface area contributed by atoms with Crippen LogP contribution >= 0.6 is 23.2 Å². The normalized spacial score (nSPS) is 20.9. The molecule has 1 atom stereocenters. The third-order valence-corrected chi connectivity index (χ3v) is 4.90. The first-order valence-corrected chi connectivity index (χ1v) is 9.06. The summed E-state index contributed by atoms with van der Waals surface area (Å²) in [4.78, 5) is 19.9. The van der Waals surface area contributed by atoms with Crippen molar-refractivity contribution >= 4 is 34.8 Å². The monoisotopic (exact) mass is 385 g/mol. The predicted molar refractivity (Wildman–Crippen MR) is 97.3 cm³/mol. The molecule has 0 aromatic heterocycles. The molecule has 0 bridgehead atoms. The van der Waals surface area contributed by atoms with Crippen LogP contribution in [-0.2, 0) is 14.4 Å². The van der Waals surface area contributed by atoms with E-state index in [2.05, 4.69) is 15.7 Å². The number of amides is 1. The van der Waals surface area contributed by atoms with E-state index in [1.165, 1.54) is 0 Å². The molecule has 3 rings (SSSR count). The fourth-order valence-electron chi connectivity index (χ4n) is 2.73. The van der Waals surface area contributed by atoms with Gasteiger partial charge in [-0.1, -0.05) is 29.3 Å². The van der Waals surface area contributed by atoms with Crippen molar-refractivity contribution in [1.29, 1.82) is 0 Å². The highest BCUT2D eigenvalue weighted by Crippen LogP contribution is 2.27. The minimum Gasteiger partial charge on any atom is -0.379 e. The number of carbonyl (C=O) groups is 1. The number of hydroxylamine groups is 1. The molecule has 1 fully saturated rings. The highest BCUT2D eigenvalue weighted by molar-refractivity contribution is 6.42. The number of ether oxygens (including phenoxy) is 1. The fourth-order valence-corrected chi connectivity index (χ4v) is 3.03. The van der Waals surface area contributed by atoms with E-state index in [4.69, 9.17) is 32.8 Å². The molecule has 1 aromatic rings. The Balaban J connectivity index is 1.44. The number of hydrogen-bond acceptors (Lipinski definition) is 5. The Morgan fingerprint density at radius 3 is 2.84 bits per heavy atom. The van der Waals surface area contributed by atoms with Crippen molar-refractivity contribution in [2.24, 2.45) is 0 Å². The van der Waals surface area contributed by atoms with Crippen LogP contribution in [-0.4, -0.2) is 56.3 Å². The van der Waals surface area contributed by atoms with E-state index >= 15 is 0 Å². The molecule has 2 N–H and O–H groups in total. The van der Waals surface area contributed by atoms with Gasteiger partial charge in [-0.2, -0.15) is 0 Å². The number of carbonyl (C=O) groups excluding carboxylic acids is 1. The molecule has 136 valence electrons. The third-order valence-electron chi connectivity index (χ3n) is 4.16. The highest BCUT2D eigenvalue weighted by atomic mass is 35.5. The van der Waals surface area contributed by atoms with Gasteiger partial charge in [0.1, 0.15) is 0 Å². The Hall–Kier alpha value is -1.31. The first-order chi connectivity index (χ1) is 12.1. The van der Waals surface area contributed by atoms with Gasteiger partial charge in [-0.15, -0.1) is 0 Å². The lowest BCUT2D eigenvalue weighted by Gasteiger charge is -2.26. The number of hydrogen-bond donors (Lipinski definition) is 2. The number of halogens is 2. The summed E-state index contributed by atoms with van der Waals surface area (Å²) < 4.78 is 5.32. The number of benzene rings is 1. The van der Waals surface area contributed by atoms with Crippen molar-refractivity contribution in [2.75, 3.05) is 39.4 Å². The third kappa shape index (κ3) is 5.09. The maximum atomic E-state index is 12.2. The molecule has 0 spiro atoms. The Morgan fingerprint density at radius 1 is 1.28 bits per heavy atom. The summed E-state index contributed by atoms with van der Waals surface area (Å²) >= 11 is 11.9. The predicted octanol–water partition coefficient (Wildman–Crippen LogP) is 2.08. The molecule has 2 aliphatic rings. The Labute approximate surface area is 157 Å². The first-order valence-electron chi connectivity index (χ1n) is 8.30. The summed E-state index contributed by atoms with van der Waals surface area (Å²) in [5, 5.41) is 3.85. The topological polar surface area (TPSA) is 62.8 Å². The second-order valence-corrected chi connectivity index (χ2v) is 6.76. The molecule has 0 unspecified atom stereocenters. The van der Waals surface area contributed by atoms with E-state index in [-0.39, 0.29) is 5.91 Å². The van der Waals surface area contributed by atoms with E-state index in [1.54, 1.807) is 18.2 Å². The van der Waals surface area contributed by atoms with Gasteiger partial charge in [0, 0.05) is 25.2 Å². The van der Waals surface area contributed by atoms with Crippen LogP contribution in [0.15, 0.2) is 24.3 Å². The summed E-state index contributed by atoms with van der Waals surface area (Å²) in [7, 11) is 0. The van der Waals surface area contributed by atoms with Crippen LogP contribution in [0.2, 0.25) is 10.0 Å². The van der Waals surface area contributed by atoms with E-state index < -0.39 is 6.10 Å². The molecule has 0 saturated carbocycles. The summed E-state index contributed by atoms with van der Waals surface area (Å²) in [6, 6.07) is 5.26. The summed E-state index contributed by atoms with van der Waals surface area (Å²) in [5.41, 5.74) is 4.29. The molecule has 25 heavy (non-hydrogen) atoms. The number of rotatable bonds is 6. The Morgan fingerprint density at radius 2 is 2.08 bits per heavy atom. The first kappa shape index (κ1) is 18.5. The van der Waals surface area contributed by atoms with Crippen LogP contribution < -0.4 is 10.8 Å². The van der Waals surface area contributed by atoms with E-state index in [0.29, 0.717) is 22.3 Å². The molecule has 0 aliphatic carbocycles. The minimum absolute atomic E-state index is 0.162. The van der Waals surface area contributed by atoms with Gasteiger partial charge < -0.3 is 10.1 Å². The summed E-state index contributed by atoms with van der Waals surface area (Å²) in [6.07, 6.45) is 1.97. The van der Waals surface area contributed by atoms with Crippen molar-refractivity contribution in [3.05, 3.63) is 39.9 Å². The molecule has 2 aliphatic heterocycles. The maximum absolute atomic E-state index is 12.2. The van der Waals surface area contributed by atoms with Crippen LogP contribution in [0.5, 0.6) is 0 Å². The van der Waals surface area contributed by atoms with Crippen LogP contribution in [0.3, 0.4) is 0 Å². The summed E-state index contributed by atoms with van der Waals surface area (Å²) in [6.45, 7) is 5.06. The van der Waals surface area contributed by atoms with Gasteiger partial charge in [-0.3, -0.25) is 20.0 Å². The lowest BCUT2D eigenvalue weighted by Crippen LogP contribution is -2.39. The zero-order valence-electron chi connectivity index (χ0n) is 13.8. The number of nitrogens with one attached hydrogen (secondary N) is 2. The van der Waals surface area contributed by atoms with Crippen LogP contribution in [0.25, 0.3) is 5.70 Å².